The quantitative estimate of drug-likeness (QED) is 0.737. The van der Waals surface area contributed by atoms with Crippen molar-refractivity contribution in [2.45, 2.75) is 12.8 Å². The first-order valence-electron chi connectivity index (χ1n) is 5.95. The fraction of sp³-hybridized carbons (Fsp3) is 0.462. The molecule has 0 aromatic carbocycles. The summed E-state index contributed by atoms with van der Waals surface area (Å²) in [6, 6.07) is 3.65. The zero-order valence-corrected chi connectivity index (χ0v) is 10.3. The lowest BCUT2D eigenvalue weighted by atomic mass is 10.1. The van der Waals surface area contributed by atoms with Crippen molar-refractivity contribution in [2.24, 2.45) is 5.92 Å². The highest BCUT2D eigenvalue weighted by Crippen LogP contribution is 2.18. The van der Waals surface area contributed by atoms with Crippen LogP contribution in [0.2, 0.25) is 0 Å². The van der Waals surface area contributed by atoms with E-state index in [9.17, 15) is 9.59 Å². The maximum atomic E-state index is 12.0. The maximum Gasteiger partial charge on any atom is 0.310 e. The fourth-order valence-corrected chi connectivity index (χ4v) is 2.13. The van der Waals surface area contributed by atoms with Crippen molar-refractivity contribution < 1.29 is 14.3 Å². The number of methoxy groups -OCH3 is 1. The van der Waals surface area contributed by atoms with Gasteiger partial charge in [-0.3, -0.25) is 14.6 Å². The number of carbonyl (C=O) groups excluding carboxylic acids is 2. The van der Waals surface area contributed by atoms with Crippen molar-refractivity contribution in [1.29, 1.82) is 0 Å². The third-order valence-corrected chi connectivity index (χ3v) is 3.18. The van der Waals surface area contributed by atoms with E-state index in [-0.39, 0.29) is 17.8 Å². The van der Waals surface area contributed by atoms with Gasteiger partial charge in [0.25, 0.3) is 0 Å². The second kappa shape index (κ2) is 5.62. The Kier molecular flexibility index (Phi) is 3.92. The fourth-order valence-electron chi connectivity index (χ4n) is 2.13. The molecule has 0 N–H and O–H groups in total. The number of esters is 1. The molecule has 2 heterocycles. The predicted octanol–water partition coefficient (Wildman–Crippen LogP) is 0.646. The summed E-state index contributed by atoms with van der Waals surface area (Å²) in [5.41, 5.74) is 0.941. The second-order valence-corrected chi connectivity index (χ2v) is 4.38. The van der Waals surface area contributed by atoms with Gasteiger partial charge in [-0.1, -0.05) is 0 Å². The molecule has 1 aliphatic rings. The summed E-state index contributed by atoms with van der Waals surface area (Å²) < 4.78 is 4.70. The van der Waals surface area contributed by atoms with E-state index in [1.54, 1.807) is 17.3 Å². The van der Waals surface area contributed by atoms with Crippen molar-refractivity contribution in [3.8, 4) is 0 Å². The molecule has 1 aromatic heterocycles. The van der Waals surface area contributed by atoms with Crippen LogP contribution in [0.15, 0.2) is 24.5 Å². The van der Waals surface area contributed by atoms with Crippen LogP contribution in [-0.4, -0.2) is 42.0 Å². The Balaban J connectivity index is 1.90. The van der Waals surface area contributed by atoms with Gasteiger partial charge >= 0.3 is 5.97 Å². The molecule has 0 spiro atoms. The van der Waals surface area contributed by atoms with E-state index >= 15 is 0 Å². The lowest BCUT2D eigenvalue weighted by Gasteiger charge is -2.15. The zero-order valence-electron chi connectivity index (χ0n) is 10.3. The number of hydrogen-bond donors (Lipinski definition) is 0. The molecule has 0 radical (unpaired) electrons. The van der Waals surface area contributed by atoms with Crippen LogP contribution in [-0.2, 0) is 20.7 Å². The first-order valence-corrected chi connectivity index (χ1v) is 5.95. The molecular weight excluding hydrogens is 232 g/mol. The summed E-state index contributed by atoms with van der Waals surface area (Å²) in [4.78, 5) is 29.0. The molecule has 1 aliphatic heterocycles. The van der Waals surface area contributed by atoms with Gasteiger partial charge in [0.2, 0.25) is 5.91 Å². The molecule has 1 saturated heterocycles. The first kappa shape index (κ1) is 12.5. The molecule has 1 aromatic rings. The average Bonchev–Trinajstić information content (AvgIpc) is 2.88. The Labute approximate surface area is 106 Å². The van der Waals surface area contributed by atoms with Crippen molar-refractivity contribution in [2.75, 3.05) is 20.2 Å². The Hall–Kier alpha value is -1.91. The summed E-state index contributed by atoms with van der Waals surface area (Å²) in [5.74, 6) is -0.349. The van der Waals surface area contributed by atoms with E-state index in [2.05, 4.69) is 4.98 Å². The van der Waals surface area contributed by atoms with Gasteiger partial charge in [0, 0.05) is 25.5 Å². The average molecular weight is 248 g/mol. The van der Waals surface area contributed by atoms with Gasteiger partial charge in [-0.2, -0.15) is 0 Å². The summed E-state index contributed by atoms with van der Waals surface area (Å²) >= 11 is 0. The highest BCUT2D eigenvalue weighted by atomic mass is 16.5. The number of ether oxygens (including phenoxy) is 1. The SMILES string of the molecule is COC(=O)C1CCN(C(=O)Cc2ccncc2)C1. The molecule has 1 unspecified atom stereocenters. The molecule has 96 valence electrons. The lowest BCUT2D eigenvalue weighted by Crippen LogP contribution is -2.31. The van der Waals surface area contributed by atoms with Gasteiger partial charge in [-0.05, 0) is 24.1 Å². The zero-order chi connectivity index (χ0) is 13.0. The highest BCUT2D eigenvalue weighted by Gasteiger charge is 2.31. The van der Waals surface area contributed by atoms with Crippen LogP contribution in [0.5, 0.6) is 0 Å². The van der Waals surface area contributed by atoms with E-state index in [1.807, 2.05) is 12.1 Å². The van der Waals surface area contributed by atoms with Crippen molar-refractivity contribution in [1.82, 2.24) is 9.88 Å². The Bertz CT molecular complexity index is 433. The molecule has 1 amide bonds. The largest absolute Gasteiger partial charge is 0.469 e. The molecular formula is C13H16N2O3. The smallest absolute Gasteiger partial charge is 0.310 e. The monoisotopic (exact) mass is 248 g/mol. The van der Waals surface area contributed by atoms with Crippen LogP contribution in [0.4, 0.5) is 0 Å². The van der Waals surface area contributed by atoms with Gasteiger partial charge in [-0.15, -0.1) is 0 Å². The standard InChI is InChI=1S/C13H16N2O3/c1-18-13(17)11-4-7-15(9-11)12(16)8-10-2-5-14-6-3-10/h2-3,5-6,11H,4,7-9H2,1H3. The Morgan fingerprint density at radius 1 is 1.44 bits per heavy atom. The molecule has 5 heteroatoms. The Morgan fingerprint density at radius 2 is 2.17 bits per heavy atom. The van der Waals surface area contributed by atoms with Crippen LogP contribution in [0.1, 0.15) is 12.0 Å². The summed E-state index contributed by atoms with van der Waals surface area (Å²) in [6.45, 7) is 1.10. The third-order valence-electron chi connectivity index (χ3n) is 3.18. The van der Waals surface area contributed by atoms with E-state index < -0.39 is 0 Å². The van der Waals surface area contributed by atoms with Gasteiger partial charge < -0.3 is 9.64 Å². The molecule has 1 fully saturated rings. The number of pyridine rings is 1. The first-order chi connectivity index (χ1) is 8.70. The van der Waals surface area contributed by atoms with Crippen LogP contribution < -0.4 is 0 Å². The molecule has 0 aliphatic carbocycles. The minimum absolute atomic E-state index is 0.0487. The maximum absolute atomic E-state index is 12.0. The molecule has 1 atom stereocenters. The lowest BCUT2D eigenvalue weighted by molar-refractivity contribution is -0.145. The third kappa shape index (κ3) is 2.85. The van der Waals surface area contributed by atoms with Gasteiger partial charge in [0.15, 0.2) is 0 Å². The second-order valence-electron chi connectivity index (χ2n) is 4.38. The van der Waals surface area contributed by atoms with Gasteiger partial charge in [0.05, 0.1) is 19.4 Å². The number of likely N-dealkylation sites (tertiary alicyclic amines) is 1. The number of amides is 1. The van der Waals surface area contributed by atoms with Crippen molar-refractivity contribution in [3.05, 3.63) is 30.1 Å². The number of aromatic nitrogens is 1. The minimum Gasteiger partial charge on any atom is -0.469 e. The number of rotatable bonds is 3. The van der Waals surface area contributed by atoms with E-state index in [0.29, 0.717) is 25.9 Å². The van der Waals surface area contributed by atoms with E-state index in [1.165, 1.54) is 7.11 Å². The van der Waals surface area contributed by atoms with Crippen LogP contribution in [0, 0.1) is 5.92 Å². The van der Waals surface area contributed by atoms with E-state index in [4.69, 9.17) is 4.74 Å². The van der Waals surface area contributed by atoms with Crippen molar-refractivity contribution >= 4 is 11.9 Å². The summed E-state index contributed by atoms with van der Waals surface area (Å²) in [7, 11) is 1.38. The normalized spacial score (nSPS) is 18.7. The van der Waals surface area contributed by atoms with Gasteiger partial charge in [0.1, 0.15) is 0 Å². The summed E-state index contributed by atoms with van der Waals surface area (Å²) in [6.07, 6.45) is 4.39. The highest BCUT2D eigenvalue weighted by molar-refractivity contribution is 5.81. The summed E-state index contributed by atoms with van der Waals surface area (Å²) in [5, 5.41) is 0. The van der Waals surface area contributed by atoms with Crippen LogP contribution in [0.3, 0.4) is 0 Å². The Morgan fingerprint density at radius 3 is 2.83 bits per heavy atom. The molecule has 5 nitrogen and oxygen atoms in total. The van der Waals surface area contributed by atoms with Crippen LogP contribution >= 0.6 is 0 Å². The number of nitrogens with zero attached hydrogens (tertiary/aromatic N) is 2. The molecule has 18 heavy (non-hydrogen) atoms. The molecule has 0 saturated carbocycles. The van der Waals surface area contributed by atoms with Crippen molar-refractivity contribution in [3.63, 3.8) is 0 Å². The minimum atomic E-state index is -0.228. The van der Waals surface area contributed by atoms with Crippen LogP contribution in [0.25, 0.3) is 0 Å². The predicted molar refractivity (Wildman–Crippen MR) is 64.6 cm³/mol. The van der Waals surface area contributed by atoms with Gasteiger partial charge in [-0.25, -0.2) is 0 Å². The number of hydrogen-bond acceptors (Lipinski definition) is 4. The topological polar surface area (TPSA) is 59.5 Å². The van der Waals surface area contributed by atoms with E-state index in [0.717, 1.165) is 5.56 Å². The molecule has 0 bridgehead atoms. The number of carbonyl (C=O) groups is 2. The molecule has 2 rings (SSSR count).